The van der Waals surface area contributed by atoms with E-state index < -0.39 is 9.05 Å². The molecule has 0 N–H and O–H groups in total. The van der Waals surface area contributed by atoms with Crippen molar-refractivity contribution < 1.29 is 17.9 Å². The van der Waals surface area contributed by atoms with E-state index in [1.807, 2.05) is 6.26 Å². The molecule has 0 saturated carbocycles. The number of ether oxygens (including phenoxy) is 2. The Kier molecular flexibility index (Phi) is 4.97. The molecular formula is C10H13ClO4S2. The summed E-state index contributed by atoms with van der Waals surface area (Å²) in [6.45, 7) is 0. The lowest BCUT2D eigenvalue weighted by molar-refractivity contribution is 0.374. The third kappa shape index (κ3) is 3.69. The molecule has 0 fully saturated rings. The molecule has 0 aliphatic heterocycles. The Hall–Kier alpha value is -0.590. The van der Waals surface area contributed by atoms with E-state index in [4.69, 9.17) is 20.2 Å². The van der Waals surface area contributed by atoms with Crippen LogP contribution >= 0.6 is 22.4 Å². The van der Waals surface area contributed by atoms with E-state index in [2.05, 4.69) is 0 Å². The molecule has 0 aromatic heterocycles. The number of methoxy groups -OCH3 is 2. The fraction of sp³-hybridized carbons (Fsp3) is 0.400. The highest BCUT2D eigenvalue weighted by Crippen LogP contribution is 2.39. The number of hydrogen-bond donors (Lipinski definition) is 0. The Bertz CT molecular complexity index is 499. The van der Waals surface area contributed by atoms with Gasteiger partial charge < -0.3 is 9.47 Å². The van der Waals surface area contributed by atoms with Gasteiger partial charge in [0, 0.05) is 16.2 Å². The highest BCUT2D eigenvalue weighted by molar-refractivity contribution is 8.13. The molecule has 17 heavy (non-hydrogen) atoms. The van der Waals surface area contributed by atoms with E-state index in [1.165, 1.54) is 18.9 Å². The highest BCUT2D eigenvalue weighted by atomic mass is 35.7. The van der Waals surface area contributed by atoms with Gasteiger partial charge in [0.2, 0.25) is 9.05 Å². The highest BCUT2D eigenvalue weighted by Gasteiger charge is 2.18. The fourth-order valence-corrected chi connectivity index (χ4v) is 3.17. The van der Waals surface area contributed by atoms with Crippen LogP contribution in [0.1, 0.15) is 5.56 Å². The van der Waals surface area contributed by atoms with E-state index in [0.29, 0.717) is 17.1 Å². The zero-order valence-corrected chi connectivity index (χ0v) is 12.1. The van der Waals surface area contributed by atoms with Crippen molar-refractivity contribution in [2.75, 3.05) is 20.5 Å². The molecule has 0 bridgehead atoms. The van der Waals surface area contributed by atoms with Crippen molar-refractivity contribution in [1.82, 2.24) is 0 Å². The van der Waals surface area contributed by atoms with Crippen molar-refractivity contribution in [1.29, 1.82) is 0 Å². The minimum Gasteiger partial charge on any atom is -0.495 e. The first-order valence-corrected chi connectivity index (χ1v) is 8.33. The average molecular weight is 297 g/mol. The lowest BCUT2D eigenvalue weighted by Crippen LogP contribution is -2.01. The largest absolute Gasteiger partial charge is 0.495 e. The van der Waals surface area contributed by atoms with Crippen molar-refractivity contribution in [2.45, 2.75) is 10.6 Å². The maximum absolute atomic E-state index is 11.1. The first-order chi connectivity index (χ1) is 7.92. The van der Waals surface area contributed by atoms with Crippen LogP contribution in [-0.2, 0) is 14.8 Å². The Morgan fingerprint density at radius 1 is 1.29 bits per heavy atom. The molecule has 0 spiro atoms. The molecule has 0 unspecified atom stereocenters. The van der Waals surface area contributed by atoms with Crippen molar-refractivity contribution in [3.8, 4) is 11.5 Å². The van der Waals surface area contributed by atoms with Gasteiger partial charge in [-0.2, -0.15) is 0 Å². The third-order valence-corrected chi connectivity index (χ3v) is 3.89. The SMILES string of the molecule is COc1ccc(CS(=O)(=O)Cl)c(OC)c1SC. The van der Waals surface area contributed by atoms with E-state index >= 15 is 0 Å². The molecule has 0 radical (unpaired) electrons. The molecule has 0 heterocycles. The smallest absolute Gasteiger partial charge is 0.236 e. The van der Waals surface area contributed by atoms with E-state index in [9.17, 15) is 8.42 Å². The first kappa shape index (κ1) is 14.5. The standard InChI is InChI=1S/C10H13ClO4S2/c1-14-8-5-4-7(6-17(11,12)13)9(15-2)10(8)16-3/h4-5H,6H2,1-3H3. The molecule has 0 amide bonds. The molecule has 1 rings (SSSR count). The third-order valence-electron chi connectivity index (χ3n) is 2.11. The fourth-order valence-electron chi connectivity index (χ4n) is 1.46. The predicted octanol–water partition coefficient (Wildman–Crippen LogP) is 2.49. The maximum atomic E-state index is 11.1. The Balaban J connectivity index is 3.33. The van der Waals surface area contributed by atoms with Crippen LogP contribution in [0.5, 0.6) is 11.5 Å². The van der Waals surface area contributed by atoms with Gasteiger partial charge in [-0.3, -0.25) is 0 Å². The lowest BCUT2D eigenvalue weighted by Gasteiger charge is -2.14. The van der Waals surface area contributed by atoms with Gasteiger partial charge in [0.05, 0.1) is 24.9 Å². The van der Waals surface area contributed by atoms with Crippen LogP contribution in [0.15, 0.2) is 17.0 Å². The van der Waals surface area contributed by atoms with Gasteiger partial charge >= 0.3 is 0 Å². The Morgan fingerprint density at radius 2 is 1.94 bits per heavy atom. The summed E-state index contributed by atoms with van der Waals surface area (Å²) < 4.78 is 32.6. The number of rotatable bonds is 5. The van der Waals surface area contributed by atoms with Crippen molar-refractivity contribution in [3.63, 3.8) is 0 Å². The van der Waals surface area contributed by atoms with Crippen molar-refractivity contribution in [2.24, 2.45) is 0 Å². The van der Waals surface area contributed by atoms with Gasteiger partial charge in [-0.25, -0.2) is 8.42 Å². The van der Waals surface area contributed by atoms with Gasteiger partial charge in [0.1, 0.15) is 11.5 Å². The Morgan fingerprint density at radius 3 is 2.35 bits per heavy atom. The van der Waals surface area contributed by atoms with Crippen molar-refractivity contribution >= 4 is 31.5 Å². The van der Waals surface area contributed by atoms with Crippen molar-refractivity contribution in [3.05, 3.63) is 17.7 Å². The predicted molar refractivity (Wildman–Crippen MR) is 69.8 cm³/mol. The quantitative estimate of drug-likeness (QED) is 0.617. The Labute approximate surface area is 110 Å². The van der Waals surface area contributed by atoms with Gasteiger partial charge in [-0.1, -0.05) is 6.07 Å². The number of hydrogen-bond acceptors (Lipinski definition) is 5. The number of halogens is 1. The lowest BCUT2D eigenvalue weighted by atomic mass is 10.2. The van der Waals surface area contributed by atoms with E-state index in [-0.39, 0.29) is 5.75 Å². The second kappa shape index (κ2) is 5.84. The number of benzene rings is 1. The average Bonchev–Trinajstić information content (AvgIpc) is 2.26. The topological polar surface area (TPSA) is 52.6 Å². The van der Waals surface area contributed by atoms with Crippen LogP contribution in [0.3, 0.4) is 0 Å². The molecule has 7 heteroatoms. The second-order valence-corrected chi connectivity index (χ2v) is 6.77. The van der Waals surface area contributed by atoms with Gasteiger partial charge in [-0.05, 0) is 12.3 Å². The summed E-state index contributed by atoms with van der Waals surface area (Å²) in [7, 11) is 4.67. The minimum absolute atomic E-state index is 0.269. The van der Waals surface area contributed by atoms with Crippen LogP contribution < -0.4 is 9.47 Å². The molecule has 1 aromatic rings. The van der Waals surface area contributed by atoms with Crippen LogP contribution in [0, 0.1) is 0 Å². The van der Waals surface area contributed by atoms with Crippen LogP contribution in [-0.4, -0.2) is 28.9 Å². The molecule has 0 aliphatic carbocycles. The summed E-state index contributed by atoms with van der Waals surface area (Å²) in [5.41, 5.74) is 0.521. The minimum atomic E-state index is -3.61. The molecule has 4 nitrogen and oxygen atoms in total. The first-order valence-electron chi connectivity index (χ1n) is 4.63. The maximum Gasteiger partial charge on any atom is 0.236 e. The molecule has 0 aliphatic rings. The molecule has 0 atom stereocenters. The summed E-state index contributed by atoms with van der Waals surface area (Å²) >= 11 is 1.42. The molecular weight excluding hydrogens is 284 g/mol. The monoisotopic (exact) mass is 296 g/mol. The van der Waals surface area contributed by atoms with E-state index in [1.54, 1.807) is 19.2 Å². The normalized spacial score (nSPS) is 11.3. The summed E-state index contributed by atoms with van der Waals surface area (Å²) in [5, 5.41) is 0. The summed E-state index contributed by atoms with van der Waals surface area (Å²) in [6.07, 6.45) is 1.86. The molecule has 0 saturated heterocycles. The summed E-state index contributed by atoms with van der Waals surface area (Å²) in [6, 6.07) is 3.34. The zero-order valence-electron chi connectivity index (χ0n) is 9.69. The summed E-state index contributed by atoms with van der Waals surface area (Å²) in [5.74, 6) is 0.862. The van der Waals surface area contributed by atoms with E-state index in [0.717, 1.165) is 4.90 Å². The van der Waals surface area contributed by atoms with Crippen LogP contribution in [0.2, 0.25) is 0 Å². The van der Waals surface area contributed by atoms with Crippen LogP contribution in [0.4, 0.5) is 0 Å². The van der Waals surface area contributed by atoms with Gasteiger partial charge in [0.15, 0.2) is 0 Å². The molecule has 1 aromatic carbocycles. The second-order valence-electron chi connectivity index (χ2n) is 3.18. The van der Waals surface area contributed by atoms with Gasteiger partial charge in [0.25, 0.3) is 0 Å². The number of thioether (sulfide) groups is 1. The van der Waals surface area contributed by atoms with Crippen LogP contribution in [0.25, 0.3) is 0 Å². The molecule has 96 valence electrons. The van der Waals surface area contributed by atoms with Gasteiger partial charge in [-0.15, -0.1) is 11.8 Å². The zero-order chi connectivity index (χ0) is 13.1. The summed E-state index contributed by atoms with van der Waals surface area (Å²) in [4.78, 5) is 0.757.